The summed E-state index contributed by atoms with van der Waals surface area (Å²) in [4.78, 5) is 14.0. The van der Waals surface area contributed by atoms with Gasteiger partial charge in [0.25, 0.3) is 0 Å². The van der Waals surface area contributed by atoms with Gasteiger partial charge >= 0.3 is 6.09 Å². The Labute approximate surface area is 111 Å². The molecule has 1 amide bonds. The van der Waals surface area contributed by atoms with Crippen LogP contribution >= 0.6 is 0 Å². The summed E-state index contributed by atoms with van der Waals surface area (Å²) in [6.07, 6.45) is 1.80. The van der Waals surface area contributed by atoms with E-state index in [1.165, 1.54) is 0 Å². The smallest absolute Gasteiger partial charge is 0.407 e. The quantitative estimate of drug-likeness (QED) is 0.821. The highest BCUT2D eigenvalue weighted by atomic mass is 16.5. The van der Waals surface area contributed by atoms with Crippen molar-refractivity contribution in [3.8, 4) is 0 Å². The van der Waals surface area contributed by atoms with Crippen molar-refractivity contribution < 1.29 is 9.53 Å². The van der Waals surface area contributed by atoms with Gasteiger partial charge in [-0.2, -0.15) is 0 Å². The Morgan fingerprint density at radius 1 is 1.22 bits per heavy atom. The number of carbonyl (C=O) groups excluding carboxylic acids is 1. The first-order valence-electron chi connectivity index (χ1n) is 7.13. The molecule has 1 aliphatic rings. The van der Waals surface area contributed by atoms with E-state index in [1.807, 2.05) is 13.8 Å². The molecule has 0 bridgehead atoms. The van der Waals surface area contributed by atoms with E-state index in [0.29, 0.717) is 18.4 Å². The molecular formula is C14H28N2O2. The van der Waals surface area contributed by atoms with Crippen LogP contribution in [0.2, 0.25) is 0 Å². The number of piperidine rings is 1. The van der Waals surface area contributed by atoms with Crippen LogP contribution in [0.3, 0.4) is 0 Å². The van der Waals surface area contributed by atoms with Crippen LogP contribution < -0.4 is 5.32 Å². The third-order valence-corrected chi connectivity index (χ3v) is 3.08. The molecule has 106 valence electrons. The Balaban J connectivity index is 2.17. The van der Waals surface area contributed by atoms with Crippen molar-refractivity contribution >= 4 is 6.09 Å². The molecule has 1 aliphatic heterocycles. The SMILES string of the molecule is CC(C)COC(=O)NC1CCN(CC(C)C)CC1. The number of rotatable bonds is 5. The lowest BCUT2D eigenvalue weighted by atomic mass is 10.0. The van der Waals surface area contributed by atoms with Crippen LogP contribution in [0.25, 0.3) is 0 Å². The molecule has 1 N–H and O–H groups in total. The predicted molar refractivity (Wildman–Crippen MR) is 73.6 cm³/mol. The second kappa shape index (κ2) is 7.62. The average Bonchev–Trinajstić information content (AvgIpc) is 2.28. The summed E-state index contributed by atoms with van der Waals surface area (Å²) >= 11 is 0. The number of amides is 1. The van der Waals surface area contributed by atoms with Crippen LogP contribution in [0, 0.1) is 11.8 Å². The van der Waals surface area contributed by atoms with Crippen molar-refractivity contribution in [2.45, 2.75) is 46.6 Å². The third-order valence-electron chi connectivity index (χ3n) is 3.08. The lowest BCUT2D eigenvalue weighted by Gasteiger charge is -2.33. The van der Waals surface area contributed by atoms with Gasteiger partial charge in [0.15, 0.2) is 0 Å². The van der Waals surface area contributed by atoms with Crippen molar-refractivity contribution in [1.29, 1.82) is 0 Å². The predicted octanol–water partition coefficient (Wildman–Crippen LogP) is 2.49. The average molecular weight is 256 g/mol. The summed E-state index contributed by atoms with van der Waals surface area (Å²) in [5.74, 6) is 1.11. The van der Waals surface area contributed by atoms with Gasteiger partial charge in [-0.05, 0) is 24.7 Å². The highest BCUT2D eigenvalue weighted by Crippen LogP contribution is 2.12. The Hall–Kier alpha value is -0.770. The van der Waals surface area contributed by atoms with Gasteiger partial charge in [-0.3, -0.25) is 0 Å². The summed E-state index contributed by atoms with van der Waals surface area (Å²) in [6.45, 7) is 12.4. The van der Waals surface area contributed by atoms with Crippen molar-refractivity contribution in [2.75, 3.05) is 26.2 Å². The zero-order chi connectivity index (χ0) is 13.5. The Morgan fingerprint density at radius 2 is 1.83 bits per heavy atom. The minimum absolute atomic E-state index is 0.258. The van der Waals surface area contributed by atoms with Crippen molar-refractivity contribution in [3.63, 3.8) is 0 Å². The lowest BCUT2D eigenvalue weighted by Crippen LogP contribution is -2.45. The van der Waals surface area contributed by atoms with E-state index in [4.69, 9.17) is 4.74 Å². The monoisotopic (exact) mass is 256 g/mol. The van der Waals surface area contributed by atoms with E-state index in [-0.39, 0.29) is 12.1 Å². The van der Waals surface area contributed by atoms with Crippen molar-refractivity contribution in [2.24, 2.45) is 11.8 Å². The van der Waals surface area contributed by atoms with Gasteiger partial charge in [0.05, 0.1) is 6.61 Å². The van der Waals surface area contributed by atoms with Crippen molar-refractivity contribution in [3.05, 3.63) is 0 Å². The number of nitrogens with zero attached hydrogens (tertiary/aromatic N) is 1. The molecule has 18 heavy (non-hydrogen) atoms. The number of hydrogen-bond donors (Lipinski definition) is 1. The second-order valence-corrected chi connectivity index (χ2v) is 6.11. The van der Waals surface area contributed by atoms with Crippen LogP contribution in [0.15, 0.2) is 0 Å². The maximum Gasteiger partial charge on any atom is 0.407 e. The summed E-state index contributed by atoms with van der Waals surface area (Å²) in [6, 6.07) is 0.285. The molecular weight excluding hydrogens is 228 g/mol. The van der Waals surface area contributed by atoms with Crippen LogP contribution in [0.4, 0.5) is 4.79 Å². The highest BCUT2D eigenvalue weighted by molar-refractivity contribution is 5.67. The summed E-state index contributed by atoms with van der Waals surface area (Å²) in [5, 5.41) is 2.96. The lowest BCUT2D eigenvalue weighted by molar-refractivity contribution is 0.120. The zero-order valence-corrected chi connectivity index (χ0v) is 12.2. The van der Waals surface area contributed by atoms with Gasteiger partial charge in [0, 0.05) is 25.7 Å². The van der Waals surface area contributed by atoms with Crippen LogP contribution in [-0.2, 0) is 4.74 Å². The number of ether oxygens (including phenoxy) is 1. The summed E-state index contributed by atoms with van der Waals surface area (Å²) in [5.41, 5.74) is 0. The van der Waals surface area contributed by atoms with Gasteiger partial charge in [-0.25, -0.2) is 4.79 Å². The molecule has 1 rings (SSSR count). The second-order valence-electron chi connectivity index (χ2n) is 6.11. The first kappa shape index (κ1) is 15.3. The van der Waals surface area contributed by atoms with Gasteiger partial charge in [-0.15, -0.1) is 0 Å². The number of nitrogens with one attached hydrogen (secondary N) is 1. The largest absolute Gasteiger partial charge is 0.449 e. The minimum Gasteiger partial charge on any atom is -0.449 e. The highest BCUT2D eigenvalue weighted by Gasteiger charge is 2.21. The summed E-state index contributed by atoms with van der Waals surface area (Å²) < 4.78 is 5.13. The fraction of sp³-hybridized carbons (Fsp3) is 0.929. The number of carbonyl (C=O) groups is 1. The normalized spacial score (nSPS) is 18.3. The minimum atomic E-state index is -0.258. The van der Waals surface area contributed by atoms with Gasteiger partial charge in [-0.1, -0.05) is 27.7 Å². The van der Waals surface area contributed by atoms with E-state index in [0.717, 1.165) is 32.5 Å². The maximum atomic E-state index is 11.5. The van der Waals surface area contributed by atoms with Gasteiger partial charge < -0.3 is 15.0 Å². The molecule has 1 saturated heterocycles. The molecule has 1 heterocycles. The molecule has 0 unspecified atom stereocenters. The van der Waals surface area contributed by atoms with Crippen LogP contribution in [0.1, 0.15) is 40.5 Å². The molecule has 0 aliphatic carbocycles. The molecule has 0 atom stereocenters. The number of likely N-dealkylation sites (tertiary alicyclic amines) is 1. The first-order chi connectivity index (χ1) is 8.47. The molecule has 0 aromatic carbocycles. The standard InChI is InChI=1S/C14H28N2O2/c1-11(2)9-16-7-5-13(6-8-16)15-14(17)18-10-12(3)4/h11-13H,5-10H2,1-4H3,(H,15,17). The Kier molecular flexibility index (Phi) is 6.47. The van der Waals surface area contributed by atoms with E-state index in [9.17, 15) is 4.79 Å². The summed E-state index contributed by atoms with van der Waals surface area (Å²) in [7, 11) is 0. The molecule has 4 nitrogen and oxygen atoms in total. The molecule has 0 radical (unpaired) electrons. The molecule has 0 saturated carbocycles. The van der Waals surface area contributed by atoms with E-state index >= 15 is 0 Å². The van der Waals surface area contributed by atoms with E-state index < -0.39 is 0 Å². The van der Waals surface area contributed by atoms with Crippen LogP contribution in [0.5, 0.6) is 0 Å². The third kappa shape index (κ3) is 6.24. The zero-order valence-electron chi connectivity index (χ0n) is 12.2. The topological polar surface area (TPSA) is 41.6 Å². The van der Waals surface area contributed by atoms with Gasteiger partial charge in [0.1, 0.15) is 0 Å². The van der Waals surface area contributed by atoms with E-state index in [1.54, 1.807) is 0 Å². The molecule has 4 heteroatoms. The number of hydrogen-bond acceptors (Lipinski definition) is 3. The first-order valence-corrected chi connectivity index (χ1v) is 7.13. The maximum absolute atomic E-state index is 11.5. The van der Waals surface area contributed by atoms with Crippen LogP contribution in [-0.4, -0.2) is 43.3 Å². The Bertz CT molecular complexity index is 246. The molecule has 1 fully saturated rings. The van der Waals surface area contributed by atoms with Gasteiger partial charge in [0.2, 0.25) is 0 Å². The van der Waals surface area contributed by atoms with Crippen molar-refractivity contribution in [1.82, 2.24) is 10.2 Å². The fourth-order valence-corrected chi connectivity index (χ4v) is 2.23. The molecule has 0 aromatic heterocycles. The fourth-order valence-electron chi connectivity index (χ4n) is 2.23. The number of alkyl carbamates (subject to hydrolysis) is 1. The Morgan fingerprint density at radius 3 is 2.33 bits per heavy atom. The molecule has 0 aromatic rings. The molecule has 0 spiro atoms. The van der Waals surface area contributed by atoms with E-state index in [2.05, 4.69) is 24.1 Å².